The number of fused-ring (bicyclic) bond motifs is 1. The molecular formula is C21H21N5O4. The van der Waals surface area contributed by atoms with Gasteiger partial charge in [0.1, 0.15) is 0 Å². The van der Waals surface area contributed by atoms with E-state index in [1.165, 1.54) is 6.20 Å². The standard InChI is InChI=1S/C20H19N5O2.CH2O2/c1-2-25-11-18(22-12-25)16-9-19(26)24-17-8-14(5-6-15(16)17)23-20(27)13-4-3-7-21-10-13;2-1-3/h3-8,10-12,16H,2,9H2,1H3,(H,23,27)(H,24,26);1H,(H,2,3). The van der Waals surface area contributed by atoms with Gasteiger partial charge in [0.05, 0.1) is 17.6 Å². The molecule has 1 unspecified atom stereocenters. The highest BCUT2D eigenvalue weighted by Crippen LogP contribution is 2.37. The average molecular weight is 407 g/mol. The van der Waals surface area contributed by atoms with Crippen LogP contribution in [0.5, 0.6) is 0 Å². The second-order valence-corrected chi connectivity index (χ2v) is 6.54. The number of amides is 2. The maximum absolute atomic E-state index is 12.3. The Morgan fingerprint density at radius 2 is 2.20 bits per heavy atom. The molecule has 9 nitrogen and oxygen atoms in total. The minimum Gasteiger partial charge on any atom is -0.483 e. The summed E-state index contributed by atoms with van der Waals surface area (Å²) in [5.41, 5.74) is 3.66. The van der Waals surface area contributed by atoms with Crippen molar-refractivity contribution in [1.82, 2.24) is 14.5 Å². The highest BCUT2D eigenvalue weighted by atomic mass is 16.3. The number of imidazole rings is 1. The fourth-order valence-electron chi connectivity index (χ4n) is 3.24. The smallest absolute Gasteiger partial charge is 0.290 e. The molecule has 30 heavy (non-hydrogen) atoms. The summed E-state index contributed by atoms with van der Waals surface area (Å²) >= 11 is 0. The van der Waals surface area contributed by atoms with Crippen molar-refractivity contribution < 1.29 is 19.5 Å². The topological polar surface area (TPSA) is 126 Å². The molecule has 0 saturated carbocycles. The second kappa shape index (κ2) is 9.46. The van der Waals surface area contributed by atoms with Crippen molar-refractivity contribution in [3.05, 3.63) is 72.1 Å². The van der Waals surface area contributed by atoms with Gasteiger partial charge in [0.25, 0.3) is 12.4 Å². The van der Waals surface area contributed by atoms with Crippen LogP contribution < -0.4 is 10.6 Å². The van der Waals surface area contributed by atoms with E-state index in [1.807, 2.05) is 29.8 Å². The van der Waals surface area contributed by atoms with Crippen LogP contribution in [0.4, 0.5) is 11.4 Å². The Morgan fingerprint density at radius 3 is 2.87 bits per heavy atom. The van der Waals surface area contributed by atoms with Gasteiger partial charge in [-0.3, -0.25) is 19.4 Å². The minimum absolute atomic E-state index is 0.0608. The molecular weight excluding hydrogens is 386 g/mol. The number of aryl methyl sites for hydroxylation is 1. The number of pyridine rings is 1. The monoisotopic (exact) mass is 407 g/mol. The molecule has 2 amide bonds. The lowest BCUT2D eigenvalue weighted by atomic mass is 9.88. The predicted octanol–water partition coefficient (Wildman–Crippen LogP) is 2.73. The molecule has 1 aliphatic rings. The maximum Gasteiger partial charge on any atom is 0.290 e. The van der Waals surface area contributed by atoms with E-state index in [0.29, 0.717) is 23.4 Å². The van der Waals surface area contributed by atoms with Crippen LogP contribution in [0.2, 0.25) is 0 Å². The normalized spacial score (nSPS) is 14.6. The average Bonchev–Trinajstić information content (AvgIpc) is 3.23. The first-order chi connectivity index (χ1) is 14.5. The third-order valence-electron chi connectivity index (χ3n) is 4.65. The summed E-state index contributed by atoms with van der Waals surface area (Å²) in [5.74, 6) is -0.401. The van der Waals surface area contributed by atoms with E-state index in [0.717, 1.165) is 17.8 Å². The van der Waals surface area contributed by atoms with Gasteiger partial charge in [0.15, 0.2) is 0 Å². The number of aromatic nitrogens is 3. The molecule has 0 saturated heterocycles. The summed E-state index contributed by atoms with van der Waals surface area (Å²) in [4.78, 5) is 41.3. The Labute approximate surface area is 172 Å². The van der Waals surface area contributed by atoms with Gasteiger partial charge in [-0.1, -0.05) is 6.07 Å². The first kappa shape index (κ1) is 20.7. The molecule has 0 spiro atoms. The summed E-state index contributed by atoms with van der Waals surface area (Å²) in [6.45, 7) is 2.63. The lowest BCUT2D eigenvalue weighted by Crippen LogP contribution is -2.24. The number of rotatable bonds is 4. The third kappa shape index (κ3) is 4.69. The Hall–Kier alpha value is -4.01. The van der Waals surface area contributed by atoms with Gasteiger partial charge >= 0.3 is 0 Å². The van der Waals surface area contributed by atoms with E-state index >= 15 is 0 Å². The molecule has 0 fully saturated rings. The van der Waals surface area contributed by atoms with E-state index in [2.05, 4.69) is 20.6 Å². The number of nitrogens with one attached hydrogen (secondary N) is 2. The van der Waals surface area contributed by atoms with Crippen LogP contribution in [0.15, 0.2) is 55.2 Å². The Kier molecular flexibility index (Phi) is 6.53. The predicted molar refractivity (Wildman–Crippen MR) is 110 cm³/mol. The van der Waals surface area contributed by atoms with Crippen molar-refractivity contribution in [2.45, 2.75) is 25.8 Å². The van der Waals surface area contributed by atoms with Crippen molar-refractivity contribution in [2.24, 2.45) is 0 Å². The molecule has 0 aliphatic carbocycles. The van der Waals surface area contributed by atoms with Crippen molar-refractivity contribution in [3.8, 4) is 0 Å². The van der Waals surface area contributed by atoms with Crippen LogP contribution >= 0.6 is 0 Å². The highest BCUT2D eigenvalue weighted by Gasteiger charge is 2.28. The largest absolute Gasteiger partial charge is 0.483 e. The quantitative estimate of drug-likeness (QED) is 0.571. The van der Waals surface area contributed by atoms with Crippen molar-refractivity contribution in [1.29, 1.82) is 0 Å². The number of benzene rings is 1. The lowest BCUT2D eigenvalue weighted by Gasteiger charge is -2.25. The Balaban J connectivity index is 0.000000806. The van der Waals surface area contributed by atoms with Crippen LogP contribution in [0.25, 0.3) is 0 Å². The summed E-state index contributed by atoms with van der Waals surface area (Å²) in [6, 6.07) is 8.97. The third-order valence-corrected chi connectivity index (χ3v) is 4.65. The van der Waals surface area contributed by atoms with E-state index in [-0.39, 0.29) is 24.2 Å². The molecule has 2 aromatic heterocycles. The van der Waals surface area contributed by atoms with Gasteiger partial charge in [-0.05, 0) is 36.8 Å². The zero-order valence-electron chi connectivity index (χ0n) is 16.3. The van der Waals surface area contributed by atoms with Gasteiger partial charge in [-0.2, -0.15) is 0 Å². The first-order valence-corrected chi connectivity index (χ1v) is 9.30. The van der Waals surface area contributed by atoms with E-state index in [1.54, 1.807) is 30.7 Å². The SMILES string of the molecule is CCn1cnc(C2CC(=O)Nc3cc(NC(=O)c4cccnc4)ccc32)c1.O=CO. The zero-order valence-corrected chi connectivity index (χ0v) is 16.3. The molecule has 0 bridgehead atoms. The zero-order chi connectivity index (χ0) is 21.5. The highest BCUT2D eigenvalue weighted by molar-refractivity contribution is 6.04. The molecule has 0 radical (unpaired) electrons. The van der Waals surface area contributed by atoms with Crippen LogP contribution in [-0.2, 0) is 16.1 Å². The van der Waals surface area contributed by atoms with Crippen molar-refractivity contribution in [2.75, 3.05) is 10.6 Å². The number of carbonyl (C=O) groups excluding carboxylic acids is 2. The first-order valence-electron chi connectivity index (χ1n) is 9.30. The Bertz CT molecular complexity index is 1050. The Morgan fingerprint density at radius 1 is 1.40 bits per heavy atom. The molecule has 9 heteroatoms. The molecule has 1 aliphatic heterocycles. The molecule has 3 aromatic rings. The van der Waals surface area contributed by atoms with Crippen LogP contribution in [0.3, 0.4) is 0 Å². The van der Waals surface area contributed by atoms with Crippen LogP contribution in [0.1, 0.15) is 40.9 Å². The van der Waals surface area contributed by atoms with Crippen molar-refractivity contribution >= 4 is 29.7 Å². The van der Waals surface area contributed by atoms with Gasteiger partial charge in [0.2, 0.25) is 5.91 Å². The number of hydrogen-bond acceptors (Lipinski definition) is 5. The molecule has 3 heterocycles. The minimum atomic E-state index is -0.250. The number of carboxylic acid groups (broad SMARTS) is 1. The summed E-state index contributed by atoms with van der Waals surface area (Å²) in [7, 11) is 0. The van der Waals surface area contributed by atoms with E-state index < -0.39 is 0 Å². The number of hydrogen-bond donors (Lipinski definition) is 3. The molecule has 3 N–H and O–H groups in total. The number of anilines is 2. The fourth-order valence-corrected chi connectivity index (χ4v) is 3.24. The van der Waals surface area contributed by atoms with Gasteiger partial charge in [0, 0.05) is 48.8 Å². The van der Waals surface area contributed by atoms with E-state index in [9.17, 15) is 9.59 Å². The van der Waals surface area contributed by atoms with Crippen LogP contribution in [-0.4, -0.2) is 37.9 Å². The summed E-state index contributed by atoms with van der Waals surface area (Å²) < 4.78 is 1.99. The lowest BCUT2D eigenvalue weighted by molar-refractivity contribution is -0.123. The fraction of sp³-hybridized carbons (Fsp3) is 0.190. The van der Waals surface area contributed by atoms with Gasteiger partial charge in [-0.15, -0.1) is 0 Å². The van der Waals surface area contributed by atoms with Crippen LogP contribution in [0, 0.1) is 0 Å². The van der Waals surface area contributed by atoms with Gasteiger partial charge < -0.3 is 20.3 Å². The summed E-state index contributed by atoms with van der Waals surface area (Å²) in [6.07, 6.45) is 7.24. The summed E-state index contributed by atoms with van der Waals surface area (Å²) in [5, 5.41) is 12.6. The van der Waals surface area contributed by atoms with Crippen molar-refractivity contribution in [3.63, 3.8) is 0 Å². The second-order valence-electron chi connectivity index (χ2n) is 6.54. The number of nitrogens with zero attached hydrogens (tertiary/aromatic N) is 3. The maximum atomic E-state index is 12.3. The molecule has 154 valence electrons. The molecule has 1 atom stereocenters. The van der Waals surface area contributed by atoms with Gasteiger partial charge in [-0.25, -0.2) is 4.98 Å². The molecule has 1 aromatic carbocycles. The molecule has 4 rings (SSSR count). The van der Waals surface area contributed by atoms with E-state index in [4.69, 9.17) is 9.90 Å². The number of carbonyl (C=O) groups is 3.